The second-order valence-corrected chi connectivity index (χ2v) is 4.55. The summed E-state index contributed by atoms with van der Waals surface area (Å²) in [5.41, 5.74) is 0.859. The Hall–Kier alpha value is -2.25. The van der Waals surface area contributed by atoms with E-state index in [-0.39, 0.29) is 5.56 Å². The number of benzene rings is 1. The number of rotatable bonds is 4. The SMILES string of the molecule is Cc1cc(NC(=O)N(C)CCC(F)(F)F)ccc1C(=O)O. The number of halogens is 3. The molecule has 0 unspecified atom stereocenters. The van der Waals surface area contributed by atoms with Gasteiger partial charge in [0.2, 0.25) is 0 Å². The largest absolute Gasteiger partial charge is 0.478 e. The molecule has 0 saturated heterocycles. The van der Waals surface area contributed by atoms with E-state index in [1.54, 1.807) is 6.92 Å². The number of carboxylic acid groups (broad SMARTS) is 1. The first-order chi connectivity index (χ1) is 9.60. The first kappa shape index (κ1) is 16.8. The zero-order chi connectivity index (χ0) is 16.2. The number of aryl methyl sites for hydroxylation is 1. The number of nitrogens with zero attached hydrogens (tertiary/aromatic N) is 1. The van der Waals surface area contributed by atoms with Crippen molar-refractivity contribution in [1.82, 2.24) is 4.90 Å². The Labute approximate surface area is 119 Å². The number of carbonyl (C=O) groups excluding carboxylic acids is 1. The Morgan fingerprint density at radius 2 is 1.95 bits per heavy atom. The van der Waals surface area contributed by atoms with E-state index >= 15 is 0 Å². The molecule has 0 aliphatic heterocycles. The van der Waals surface area contributed by atoms with Gasteiger partial charge in [-0.25, -0.2) is 9.59 Å². The van der Waals surface area contributed by atoms with Crippen molar-refractivity contribution in [3.8, 4) is 0 Å². The fraction of sp³-hybridized carbons (Fsp3) is 0.385. The molecule has 21 heavy (non-hydrogen) atoms. The normalized spacial score (nSPS) is 11.1. The Kier molecular flexibility index (Phi) is 5.17. The van der Waals surface area contributed by atoms with Gasteiger partial charge in [0.1, 0.15) is 0 Å². The summed E-state index contributed by atoms with van der Waals surface area (Å²) in [4.78, 5) is 23.4. The van der Waals surface area contributed by atoms with Crippen molar-refractivity contribution >= 4 is 17.7 Å². The second kappa shape index (κ2) is 6.47. The van der Waals surface area contributed by atoms with Gasteiger partial charge < -0.3 is 15.3 Å². The van der Waals surface area contributed by atoms with E-state index in [1.165, 1.54) is 25.2 Å². The number of aromatic carboxylic acids is 1. The fourth-order valence-corrected chi connectivity index (χ4v) is 1.60. The number of alkyl halides is 3. The predicted octanol–water partition coefficient (Wildman–Crippen LogP) is 3.11. The van der Waals surface area contributed by atoms with Crippen LogP contribution in [0.5, 0.6) is 0 Å². The number of carboxylic acids is 1. The van der Waals surface area contributed by atoms with Crippen LogP contribution in [-0.4, -0.2) is 41.8 Å². The highest BCUT2D eigenvalue weighted by Crippen LogP contribution is 2.20. The van der Waals surface area contributed by atoms with E-state index < -0.39 is 31.1 Å². The third kappa shape index (κ3) is 5.33. The summed E-state index contributed by atoms with van der Waals surface area (Å²) < 4.78 is 36.2. The number of carbonyl (C=O) groups is 2. The van der Waals surface area contributed by atoms with Crippen molar-refractivity contribution in [2.45, 2.75) is 19.5 Å². The van der Waals surface area contributed by atoms with Gasteiger partial charge in [-0.15, -0.1) is 0 Å². The van der Waals surface area contributed by atoms with E-state index in [2.05, 4.69) is 5.32 Å². The molecule has 5 nitrogen and oxygen atoms in total. The molecule has 0 aromatic heterocycles. The van der Waals surface area contributed by atoms with Crippen LogP contribution in [0.4, 0.5) is 23.7 Å². The Bertz CT molecular complexity index is 544. The average Bonchev–Trinajstić information content (AvgIpc) is 2.34. The van der Waals surface area contributed by atoms with Crippen LogP contribution in [0.25, 0.3) is 0 Å². The Morgan fingerprint density at radius 3 is 2.43 bits per heavy atom. The first-order valence-corrected chi connectivity index (χ1v) is 6.03. The zero-order valence-corrected chi connectivity index (χ0v) is 11.5. The molecule has 0 aliphatic carbocycles. The maximum absolute atomic E-state index is 12.1. The van der Waals surface area contributed by atoms with E-state index in [9.17, 15) is 22.8 Å². The monoisotopic (exact) mass is 304 g/mol. The highest BCUT2D eigenvalue weighted by Gasteiger charge is 2.28. The number of hydrogen-bond donors (Lipinski definition) is 2. The van der Waals surface area contributed by atoms with Crippen LogP contribution in [0.2, 0.25) is 0 Å². The van der Waals surface area contributed by atoms with Gasteiger partial charge in [0.25, 0.3) is 0 Å². The van der Waals surface area contributed by atoms with Gasteiger partial charge in [-0.3, -0.25) is 0 Å². The van der Waals surface area contributed by atoms with Gasteiger partial charge in [-0.05, 0) is 30.7 Å². The topological polar surface area (TPSA) is 69.6 Å². The van der Waals surface area contributed by atoms with E-state index in [4.69, 9.17) is 5.11 Å². The Balaban J connectivity index is 2.66. The van der Waals surface area contributed by atoms with Crippen molar-refractivity contribution in [2.75, 3.05) is 18.9 Å². The molecule has 0 aliphatic rings. The van der Waals surface area contributed by atoms with Crippen LogP contribution in [0.1, 0.15) is 22.3 Å². The van der Waals surface area contributed by atoms with Crippen molar-refractivity contribution in [1.29, 1.82) is 0 Å². The molecule has 8 heteroatoms. The third-order valence-corrected chi connectivity index (χ3v) is 2.79. The van der Waals surface area contributed by atoms with Crippen molar-refractivity contribution in [3.63, 3.8) is 0 Å². The van der Waals surface area contributed by atoms with Crippen molar-refractivity contribution in [2.24, 2.45) is 0 Å². The summed E-state index contributed by atoms with van der Waals surface area (Å²) in [5, 5.41) is 11.3. The van der Waals surface area contributed by atoms with Gasteiger partial charge in [0, 0.05) is 19.3 Å². The van der Waals surface area contributed by atoms with Crippen LogP contribution in [-0.2, 0) is 0 Å². The van der Waals surface area contributed by atoms with Crippen LogP contribution in [0.3, 0.4) is 0 Å². The maximum Gasteiger partial charge on any atom is 0.390 e. The zero-order valence-electron chi connectivity index (χ0n) is 11.5. The lowest BCUT2D eigenvalue weighted by Crippen LogP contribution is -2.34. The molecular formula is C13H15F3N2O3. The number of amides is 2. The maximum atomic E-state index is 12.1. The standard InChI is InChI=1S/C13H15F3N2O3/c1-8-7-9(3-4-10(8)11(19)20)17-12(21)18(2)6-5-13(14,15)16/h3-4,7H,5-6H2,1-2H3,(H,17,21)(H,19,20). The van der Waals surface area contributed by atoms with Gasteiger partial charge >= 0.3 is 18.2 Å². The molecule has 0 spiro atoms. The molecule has 0 heterocycles. The van der Waals surface area contributed by atoms with E-state index in [0.717, 1.165) is 4.90 Å². The van der Waals surface area contributed by atoms with Crippen LogP contribution >= 0.6 is 0 Å². The molecule has 0 radical (unpaired) electrons. The summed E-state index contributed by atoms with van der Waals surface area (Å²) in [6, 6.07) is 3.45. The molecule has 1 rings (SSSR count). The summed E-state index contributed by atoms with van der Waals surface area (Å²) in [5.74, 6) is -1.09. The van der Waals surface area contributed by atoms with Crippen LogP contribution < -0.4 is 5.32 Å². The minimum absolute atomic E-state index is 0.0958. The number of hydrogen-bond acceptors (Lipinski definition) is 2. The first-order valence-electron chi connectivity index (χ1n) is 6.03. The summed E-state index contributed by atoms with van der Waals surface area (Å²) in [6.07, 6.45) is -5.41. The molecule has 0 bridgehead atoms. The van der Waals surface area contributed by atoms with Gasteiger partial charge in [-0.1, -0.05) is 0 Å². The highest BCUT2D eigenvalue weighted by molar-refractivity contribution is 5.92. The van der Waals surface area contributed by atoms with Gasteiger partial charge in [-0.2, -0.15) is 13.2 Å². The number of urea groups is 1. The minimum Gasteiger partial charge on any atom is -0.478 e. The molecule has 0 fully saturated rings. The number of nitrogens with one attached hydrogen (secondary N) is 1. The minimum atomic E-state index is -4.33. The molecule has 0 atom stereocenters. The van der Waals surface area contributed by atoms with Gasteiger partial charge in [0.15, 0.2) is 0 Å². The second-order valence-electron chi connectivity index (χ2n) is 4.55. The molecule has 116 valence electrons. The predicted molar refractivity (Wildman–Crippen MR) is 70.5 cm³/mol. The molecular weight excluding hydrogens is 289 g/mol. The summed E-state index contributed by atoms with van der Waals surface area (Å²) in [7, 11) is 1.25. The quantitative estimate of drug-likeness (QED) is 0.898. The van der Waals surface area contributed by atoms with Crippen LogP contribution in [0, 0.1) is 6.92 Å². The molecule has 0 saturated carbocycles. The Morgan fingerprint density at radius 1 is 1.33 bits per heavy atom. The van der Waals surface area contributed by atoms with E-state index in [0.29, 0.717) is 11.3 Å². The fourth-order valence-electron chi connectivity index (χ4n) is 1.60. The van der Waals surface area contributed by atoms with Crippen molar-refractivity contribution < 1.29 is 27.9 Å². The third-order valence-electron chi connectivity index (χ3n) is 2.79. The average molecular weight is 304 g/mol. The molecule has 1 aromatic rings. The smallest absolute Gasteiger partial charge is 0.390 e. The van der Waals surface area contributed by atoms with E-state index in [1.807, 2.05) is 0 Å². The summed E-state index contributed by atoms with van der Waals surface area (Å²) in [6.45, 7) is 1.11. The lowest BCUT2D eigenvalue weighted by molar-refractivity contribution is -0.135. The van der Waals surface area contributed by atoms with Crippen molar-refractivity contribution in [3.05, 3.63) is 29.3 Å². The highest BCUT2D eigenvalue weighted by atomic mass is 19.4. The lowest BCUT2D eigenvalue weighted by Gasteiger charge is -2.19. The molecule has 2 N–H and O–H groups in total. The van der Waals surface area contributed by atoms with Crippen LogP contribution in [0.15, 0.2) is 18.2 Å². The molecule has 1 aromatic carbocycles. The summed E-state index contributed by atoms with van der Waals surface area (Å²) >= 11 is 0. The molecule has 2 amide bonds. The van der Waals surface area contributed by atoms with Gasteiger partial charge in [0.05, 0.1) is 12.0 Å². The number of anilines is 1. The lowest BCUT2D eigenvalue weighted by atomic mass is 10.1.